The topological polar surface area (TPSA) is 144 Å². The number of carbonyl (C=O) groups excluding carboxylic acids is 2. The van der Waals surface area contributed by atoms with E-state index in [1.807, 2.05) is 0 Å². The fourth-order valence-corrected chi connectivity index (χ4v) is 1.28. The van der Waals surface area contributed by atoms with Gasteiger partial charge in [-0.3, -0.25) is 10.1 Å². The van der Waals surface area contributed by atoms with Crippen molar-refractivity contribution in [1.29, 1.82) is 0 Å². The number of aliphatic hydroxyl groups is 4. The molecule has 0 aromatic carbocycles. The Bertz CT molecular complexity index is 261. The van der Waals surface area contributed by atoms with E-state index in [1.54, 1.807) is 0 Å². The van der Waals surface area contributed by atoms with Crippen LogP contribution in [0.1, 0.15) is 12.8 Å². The molecule has 2 atom stereocenters. The van der Waals surface area contributed by atoms with Crippen LogP contribution < -0.4 is 10.6 Å². The van der Waals surface area contributed by atoms with E-state index in [9.17, 15) is 19.8 Å². The summed E-state index contributed by atoms with van der Waals surface area (Å²) in [5.74, 6) is -1.05. The van der Waals surface area contributed by atoms with E-state index >= 15 is 0 Å². The van der Waals surface area contributed by atoms with Crippen LogP contribution in [0.15, 0.2) is 0 Å². The first kappa shape index (κ1) is 16.9. The second-order valence-electron chi connectivity index (χ2n) is 3.80. The molecular formula is C10H21N2O6+. The molecule has 0 fully saturated rings. The number of nitrogens with two attached hydrogens (primary N) is 1. The first-order valence-electron chi connectivity index (χ1n) is 5.72. The number of amides is 2. The van der Waals surface area contributed by atoms with Crippen LogP contribution >= 0.6 is 0 Å². The third-order valence-electron chi connectivity index (χ3n) is 2.15. The average Bonchev–Trinajstić information content (AvgIpc) is 2.32. The molecule has 0 heterocycles. The maximum absolute atomic E-state index is 11.2. The lowest BCUT2D eigenvalue weighted by Crippen LogP contribution is -2.91. The molecule has 0 aliphatic heterocycles. The highest BCUT2D eigenvalue weighted by atomic mass is 16.3. The summed E-state index contributed by atoms with van der Waals surface area (Å²) in [6.45, 7) is -0.149. The molecule has 18 heavy (non-hydrogen) atoms. The van der Waals surface area contributed by atoms with Gasteiger partial charge >= 0.3 is 5.91 Å². The molecule has 8 heteroatoms. The van der Waals surface area contributed by atoms with Gasteiger partial charge in [0.05, 0.1) is 25.7 Å². The molecular weight excluding hydrogens is 244 g/mol. The van der Waals surface area contributed by atoms with Gasteiger partial charge in [0.1, 0.15) is 6.54 Å². The minimum atomic E-state index is -1.38. The van der Waals surface area contributed by atoms with Gasteiger partial charge in [0.2, 0.25) is 5.91 Å². The Hall–Kier alpha value is -1.06. The molecule has 0 radical (unpaired) electrons. The van der Waals surface area contributed by atoms with Crippen LogP contribution in [0.25, 0.3) is 0 Å². The minimum absolute atomic E-state index is 0.0946. The normalized spacial score (nSPS) is 14.0. The van der Waals surface area contributed by atoms with Gasteiger partial charge in [0.25, 0.3) is 0 Å². The molecule has 0 saturated heterocycles. The zero-order chi connectivity index (χ0) is 14.0. The van der Waals surface area contributed by atoms with Crippen molar-refractivity contribution < 1.29 is 35.3 Å². The van der Waals surface area contributed by atoms with Gasteiger partial charge in [-0.05, 0) is 0 Å². The van der Waals surface area contributed by atoms with Gasteiger partial charge in [-0.25, -0.2) is 4.79 Å². The number of carbonyl (C=O) groups is 2. The lowest BCUT2D eigenvalue weighted by Gasteiger charge is -2.13. The summed E-state index contributed by atoms with van der Waals surface area (Å²) in [4.78, 5) is 22.4. The Morgan fingerprint density at radius 1 is 1.17 bits per heavy atom. The summed E-state index contributed by atoms with van der Waals surface area (Å²) in [7, 11) is 0. The summed E-state index contributed by atoms with van der Waals surface area (Å²) in [5.41, 5.74) is 0. The molecule has 0 rings (SSSR count). The molecule has 2 amide bonds. The van der Waals surface area contributed by atoms with E-state index in [0.717, 1.165) is 5.32 Å². The average molecular weight is 265 g/mol. The highest BCUT2D eigenvalue weighted by Crippen LogP contribution is 2.01. The quantitative estimate of drug-likeness (QED) is 0.249. The second-order valence-corrected chi connectivity index (χ2v) is 3.80. The molecule has 2 unspecified atom stereocenters. The number of nitrogens with one attached hydrogen (secondary N) is 1. The smallest absolute Gasteiger partial charge is 0.339 e. The Morgan fingerprint density at radius 3 is 2.39 bits per heavy atom. The van der Waals surface area contributed by atoms with Crippen LogP contribution in [0, 0.1) is 0 Å². The Morgan fingerprint density at radius 2 is 1.83 bits per heavy atom. The van der Waals surface area contributed by atoms with Gasteiger partial charge in [-0.15, -0.1) is 0 Å². The van der Waals surface area contributed by atoms with Crippen LogP contribution in [0.5, 0.6) is 0 Å². The van der Waals surface area contributed by atoms with Gasteiger partial charge in [0, 0.05) is 13.0 Å². The maximum Gasteiger partial charge on any atom is 0.339 e. The monoisotopic (exact) mass is 265 g/mol. The number of quaternary nitrogens is 1. The Kier molecular flexibility index (Phi) is 9.33. The van der Waals surface area contributed by atoms with Crippen molar-refractivity contribution in [1.82, 2.24) is 5.32 Å². The largest absolute Gasteiger partial charge is 0.395 e. The van der Waals surface area contributed by atoms with E-state index in [2.05, 4.69) is 5.32 Å². The zero-order valence-corrected chi connectivity index (χ0v) is 10.1. The second kappa shape index (κ2) is 9.92. The summed E-state index contributed by atoms with van der Waals surface area (Å²) >= 11 is 0. The molecule has 0 aliphatic carbocycles. The molecule has 0 aromatic rings. The summed E-state index contributed by atoms with van der Waals surface area (Å²) in [5, 5.41) is 39.3. The fourth-order valence-electron chi connectivity index (χ4n) is 1.28. The highest BCUT2D eigenvalue weighted by Gasteiger charge is 2.23. The SMILES string of the molecule is O=C(CC(O)CC(O)C(=O)[NH2+]CCO)NCCO. The number of hydrogen-bond donors (Lipinski definition) is 6. The van der Waals surface area contributed by atoms with Crippen molar-refractivity contribution >= 4 is 11.8 Å². The van der Waals surface area contributed by atoms with Crippen molar-refractivity contribution in [3.05, 3.63) is 0 Å². The molecule has 8 nitrogen and oxygen atoms in total. The van der Waals surface area contributed by atoms with Crippen LogP contribution in [-0.4, -0.2) is 70.8 Å². The van der Waals surface area contributed by atoms with Crippen molar-refractivity contribution in [3.63, 3.8) is 0 Å². The zero-order valence-electron chi connectivity index (χ0n) is 10.1. The highest BCUT2D eigenvalue weighted by molar-refractivity contribution is 5.76. The van der Waals surface area contributed by atoms with Crippen LogP contribution in [0.2, 0.25) is 0 Å². The van der Waals surface area contributed by atoms with Gasteiger partial charge < -0.3 is 25.7 Å². The predicted molar refractivity (Wildman–Crippen MR) is 60.2 cm³/mol. The molecule has 106 valence electrons. The molecule has 0 saturated carbocycles. The van der Waals surface area contributed by atoms with Crippen LogP contribution in [-0.2, 0) is 9.59 Å². The molecule has 0 aliphatic rings. The predicted octanol–water partition coefficient (Wildman–Crippen LogP) is -4.32. The Balaban J connectivity index is 3.88. The van der Waals surface area contributed by atoms with Gasteiger partial charge in [-0.2, -0.15) is 0 Å². The molecule has 7 N–H and O–H groups in total. The third kappa shape index (κ3) is 8.09. The standard InChI is InChI=1S/C10H20N2O6/c13-3-1-11-9(17)6-7(15)5-8(16)10(18)12-2-4-14/h7-8,13-16H,1-6H2,(H,11,17)(H,12,18)/p+1. The first-order valence-corrected chi connectivity index (χ1v) is 5.72. The maximum atomic E-state index is 11.2. The van der Waals surface area contributed by atoms with Crippen molar-refractivity contribution in [3.8, 4) is 0 Å². The molecule has 0 bridgehead atoms. The van der Waals surface area contributed by atoms with E-state index in [-0.39, 0.29) is 39.1 Å². The van der Waals surface area contributed by atoms with Crippen LogP contribution in [0.3, 0.4) is 0 Å². The minimum Gasteiger partial charge on any atom is -0.395 e. The fraction of sp³-hybridized carbons (Fsp3) is 0.800. The van der Waals surface area contributed by atoms with Gasteiger partial charge in [0.15, 0.2) is 6.10 Å². The van der Waals surface area contributed by atoms with Crippen molar-refractivity contribution in [2.24, 2.45) is 0 Å². The lowest BCUT2D eigenvalue weighted by molar-refractivity contribution is -0.574. The molecule has 0 aromatic heterocycles. The summed E-state index contributed by atoms with van der Waals surface area (Å²) in [6.07, 6.45) is -3.00. The van der Waals surface area contributed by atoms with Crippen molar-refractivity contribution in [2.45, 2.75) is 25.0 Å². The number of rotatable bonds is 9. The number of aliphatic hydroxyl groups excluding tert-OH is 4. The molecule has 0 spiro atoms. The van der Waals surface area contributed by atoms with Crippen molar-refractivity contribution in [2.75, 3.05) is 26.3 Å². The van der Waals surface area contributed by atoms with E-state index in [4.69, 9.17) is 10.2 Å². The lowest BCUT2D eigenvalue weighted by atomic mass is 10.1. The van der Waals surface area contributed by atoms with E-state index in [1.165, 1.54) is 0 Å². The number of primary amides is 1. The van der Waals surface area contributed by atoms with E-state index in [0.29, 0.717) is 0 Å². The third-order valence-corrected chi connectivity index (χ3v) is 2.15. The van der Waals surface area contributed by atoms with Gasteiger partial charge in [-0.1, -0.05) is 0 Å². The first-order chi connectivity index (χ1) is 8.51. The van der Waals surface area contributed by atoms with E-state index < -0.39 is 24.0 Å². The number of hydrogen-bond acceptors (Lipinski definition) is 6. The summed E-state index contributed by atoms with van der Waals surface area (Å²) in [6, 6.07) is 0. The Labute approximate surface area is 105 Å². The van der Waals surface area contributed by atoms with Crippen LogP contribution in [0.4, 0.5) is 0 Å². The summed E-state index contributed by atoms with van der Waals surface area (Å²) < 4.78 is 0.